The van der Waals surface area contributed by atoms with Crippen molar-refractivity contribution >= 4 is 28.0 Å². The highest BCUT2D eigenvalue weighted by atomic mass is 16.6. The number of carbonyl (C=O) groups is 1. The SMILES string of the molecule is CCOC(=O)N1CCN(Cc2c(O)ccc3c(-c4cc5ccccc5oc4=O)cc(=O)oc23)CC1. The van der Waals surface area contributed by atoms with Crippen LogP contribution in [0.3, 0.4) is 0 Å². The van der Waals surface area contributed by atoms with Crippen molar-refractivity contribution in [1.29, 1.82) is 0 Å². The lowest BCUT2D eigenvalue weighted by Gasteiger charge is -2.34. The summed E-state index contributed by atoms with van der Waals surface area (Å²) in [5.41, 5.74) is 0.516. The van der Waals surface area contributed by atoms with Crippen LogP contribution in [-0.4, -0.2) is 53.8 Å². The summed E-state index contributed by atoms with van der Waals surface area (Å²) >= 11 is 0. The second kappa shape index (κ2) is 9.27. The van der Waals surface area contributed by atoms with Gasteiger partial charge in [0.15, 0.2) is 0 Å². The van der Waals surface area contributed by atoms with Crippen LogP contribution in [0.4, 0.5) is 4.79 Å². The van der Waals surface area contributed by atoms with Gasteiger partial charge in [-0.15, -0.1) is 0 Å². The van der Waals surface area contributed by atoms with Crippen molar-refractivity contribution in [2.45, 2.75) is 13.5 Å². The Balaban J connectivity index is 1.53. The molecular formula is C26H24N2O7. The van der Waals surface area contributed by atoms with E-state index < -0.39 is 11.3 Å². The fourth-order valence-corrected chi connectivity index (χ4v) is 4.42. The van der Waals surface area contributed by atoms with Crippen LogP contribution in [-0.2, 0) is 11.3 Å². The summed E-state index contributed by atoms with van der Waals surface area (Å²) in [6, 6.07) is 13.2. The van der Waals surface area contributed by atoms with E-state index in [9.17, 15) is 19.5 Å². The van der Waals surface area contributed by atoms with Crippen molar-refractivity contribution in [3.8, 4) is 16.9 Å². The van der Waals surface area contributed by atoms with Gasteiger partial charge >= 0.3 is 17.3 Å². The van der Waals surface area contributed by atoms with Crippen molar-refractivity contribution in [3.63, 3.8) is 0 Å². The normalized spacial score (nSPS) is 14.5. The Morgan fingerprint density at radius 1 is 1.00 bits per heavy atom. The molecule has 1 N–H and O–H groups in total. The lowest BCUT2D eigenvalue weighted by Crippen LogP contribution is -2.48. The molecule has 0 radical (unpaired) electrons. The van der Waals surface area contributed by atoms with Gasteiger partial charge in [0, 0.05) is 55.1 Å². The number of phenolic OH excluding ortho intramolecular Hbond substituents is 1. The standard InChI is InChI=1S/C26H24N2O7/c1-2-33-26(32)28-11-9-27(10-12-28)15-20-21(29)8-7-17-18(14-23(30)35-24(17)20)19-13-16-5-3-4-6-22(16)34-25(19)31/h3-8,13-14,29H,2,9-12,15H2,1H3. The second-order valence-electron chi connectivity index (χ2n) is 8.37. The second-order valence-corrected chi connectivity index (χ2v) is 8.37. The molecule has 0 atom stereocenters. The zero-order valence-corrected chi connectivity index (χ0v) is 19.2. The molecule has 1 aliphatic rings. The predicted octanol–water partition coefficient (Wildman–Crippen LogP) is 3.55. The van der Waals surface area contributed by atoms with Crippen LogP contribution in [0.1, 0.15) is 12.5 Å². The van der Waals surface area contributed by atoms with Gasteiger partial charge in [0.05, 0.1) is 17.7 Å². The fraction of sp³-hybridized carbons (Fsp3) is 0.269. The van der Waals surface area contributed by atoms with Gasteiger partial charge in [-0.25, -0.2) is 14.4 Å². The molecule has 2 aromatic heterocycles. The number of para-hydroxylation sites is 1. The first-order valence-electron chi connectivity index (χ1n) is 11.4. The summed E-state index contributed by atoms with van der Waals surface area (Å²) in [5, 5.41) is 11.9. The highest BCUT2D eigenvalue weighted by Gasteiger charge is 2.24. The van der Waals surface area contributed by atoms with E-state index in [1.165, 1.54) is 12.1 Å². The Hall–Kier alpha value is -4.11. The first kappa shape index (κ1) is 22.7. The molecule has 1 fully saturated rings. The van der Waals surface area contributed by atoms with E-state index in [2.05, 4.69) is 4.90 Å². The number of nitrogens with zero attached hydrogens (tertiary/aromatic N) is 2. The molecule has 0 unspecified atom stereocenters. The molecule has 2 aromatic carbocycles. The van der Waals surface area contributed by atoms with Gasteiger partial charge < -0.3 is 23.6 Å². The third kappa shape index (κ3) is 4.38. The van der Waals surface area contributed by atoms with Crippen LogP contribution in [0.5, 0.6) is 5.75 Å². The van der Waals surface area contributed by atoms with E-state index in [-0.39, 0.29) is 23.0 Å². The summed E-state index contributed by atoms with van der Waals surface area (Å²) < 4.78 is 16.1. The van der Waals surface area contributed by atoms with E-state index in [1.54, 1.807) is 36.1 Å². The molecule has 4 aromatic rings. The number of rotatable bonds is 4. The Morgan fingerprint density at radius 2 is 1.77 bits per heavy atom. The van der Waals surface area contributed by atoms with E-state index in [1.807, 2.05) is 12.1 Å². The number of aromatic hydroxyl groups is 1. The summed E-state index contributed by atoms with van der Waals surface area (Å²) in [4.78, 5) is 41.0. The van der Waals surface area contributed by atoms with E-state index >= 15 is 0 Å². The zero-order valence-electron chi connectivity index (χ0n) is 19.2. The Bertz CT molecular complexity index is 1530. The molecule has 5 rings (SSSR count). The lowest BCUT2D eigenvalue weighted by atomic mass is 9.99. The van der Waals surface area contributed by atoms with Crippen LogP contribution < -0.4 is 11.3 Å². The summed E-state index contributed by atoms with van der Waals surface area (Å²) in [6.07, 6.45) is -0.343. The van der Waals surface area contributed by atoms with Crippen LogP contribution in [0.25, 0.3) is 33.1 Å². The van der Waals surface area contributed by atoms with Gasteiger partial charge in [-0.3, -0.25) is 4.90 Å². The highest BCUT2D eigenvalue weighted by Crippen LogP contribution is 2.34. The first-order chi connectivity index (χ1) is 16.9. The fourth-order valence-electron chi connectivity index (χ4n) is 4.42. The number of benzene rings is 2. The molecule has 1 aliphatic heterocycles. The molecule has 9 nitrogen and oxygen atoms in total. The van der Waals surface area contributed by atoms with Gasteiger partial charge in [0.2, 0.25) is 0 Å². The minimum Gasteiger partial charge on any atom is -0.507 e. The maximum Gasteiger partial charge on any atom is 0.409 e. The van der Waals surface area contributed by atoms with Gasteiger partial charge in [-0.1, -0.05) is 18.2 Å². The molecule has 1 saturated heterocycles. The number of fused-ring (bicyclic) bond motifs is 2. The largest absolute Gasteiger partial charge is 0.507 e. The lowest BCUT2D eigenvalue weighted by molar-refractivity contribution is 0.0776. The first-order valence-corrected chi connectivity index (χ1v) is 11.4. The van der Waals surface area contributed by atoms with E-state index in [4.69, 9.17) is 13.6 Å². The molecule has 9 heteroatoms. The number of ether oxygens (including phenoxy) is 1. The molecule has 180 valence electrons. The van der Waals surface area contributed by atoms with Gasteiger partial charge in [-0.05, 0) is 31.2 Å². The van der Waals surface area contributed by atoms with Crippen molar-refractivity contribution in [2.24, 2.45) is 0 Å². The summed E-state index contributed by atoms with van der Waals surface area (Å²) in [6.45, 7) is 4.48. The van der Waals surface area contributed by atoms with Crippen molar-refractivity contribution < 1.29 is 23.5 Å². The molecule has 0 spiro atoms. The van der Waals surface area contributed by atoms with Crippen molar-refractivity contribution in [2.75, 3.05) is 32.8 Å². The third-order valence-corrected chi connectivity index (χ3v) is 6.20. The van der Waals surface area contributed by atoms with Crippen molar-refractivity contribution in [1.82, 2.24) is 9.80 Å². The molecule has 0 bridgehead atoms. The average molecular weight is 476 g/mol. The number of phenols is 1. The number of carbonyl (C=O) groups excluding carboxylic acids is 1. The quantitative estimate of drug-likeness (QED) is 0.445. The highest BCUT2D eigenvalue weighted by molar-refractivity contribution is 5.97. The van der Waals surface area contributed by atoms with Gasteiger partial charge in [0.25, 0.3) is 0 Å². The third-order valence-electron chi connectivity index (χ3n) is 6.20. The van der Waals surface area contributed by atoms with Crippen LogP contribution in [0.15, 0.2) is 67.0 Å². The van der Waals surface area contributed by atoms with E-state index in [0.29, 0.717) is 61.4 Å². The van der Waals surface area contributed by atoms with Crippen molar-refractivity contribution in [3.05, 3.63) is 74.9 Å². The predicted molar refractivity (Wildman–Crippen MR) is 129 cm³/mol. The molecule has 1 amide bonds. The van der Waals surface area contributed by atoms with Crippen LogP contribution >= 0.6 is 0 Å². The molecule has 3 heterocycles. The monoisotopic (exact) mass is 476 g/mol. The number of hydrogen-bond acceptors (Lipinski definition) is 8. The minimum atomic E-state index is -0.640. The minimum absolute atomic E-state index is 0.0174. The molecular weight excluding hydrogens is 452 g/mol. The molecule has 35 heavy (non-hydrogen) atoms. The van der Waals surface area contributed by atoms with Gasteiger partial charge in [-0.2, -0.15) is 0 Å². The average Bonchev–Trinajstić information content (AvgIpc) is 2.85. The molecule has 0 aliphatic carbocycles. The zero-order chi connectivity index (χ0) is 24.5. The number of piperazine rings is 1. The summed E-state index contributed by atoms with van der Waals surface area (Å²) in [7, 11) is 0. The summed E-state index contributed by atoms with van der Waals surface area (Å²) in [5.74, 6) is -0.0174. The number of amides is 1. The van der Waals surface area contributed by atoms with Crippen LogP contribution in [0.2, 0.25) is 0 Å². The van der Waals surface area contributed by atoms with E-state index in [0.717, 1.165) is 5.39 Å². The van der Waals surface area contributed by atoms with Crippen LogP contribution in [0, 0.1) is 0 Å². The Morgan fingerprint density at radius 3 is 2.54 bits per heavy atom. The topological polar surface area (TPSA) is 113 Å². The Kier molecular flexibility index (Phi) is 6.00. The maximum absolute atomic E-state index is 12.8. The maximum atomic E-state index is 12.8. The van der Waals surface area contributed by atoms with Gasteiger partial charge in [0.1, 0.15) is 16.9 Å². The molecule has 0 saturated carbocycles. The smallest absolute Gasteiger partial charge is 0.409 e. The number of hydrogen-bond donors (Lipinski definition) is 1. The Labute approximate surface area is 199 Å².